The number of hydrogen-bond acceptors (Lipinski definition) is 9. The predicted molar refractivity (Wildman–Crippen MR) is 139 cm³/mol. The molecule has 40 heavy (non-hydrogen) atoms. The van der Waals surface area contributed by atoms with Crippen molar-refractivity contribution in [2.24, 2.45) is 0 Å². The maximum atomic E-state index is 15.1. The Morgan fingerprint density at radius 2 is 2.00 bits per heavy atom. The minimum absolute atomic E-state index is 0.0552. The lowest BCUT2D eigenvalue weighted by molar-refractivity contribution is -0.145. The first-order chi connectivity index (χ1) is 19.3. The lowest BCUT2D eigenvalue weighted by Crippen LogP contribution is -2.51. The summed E-state index contributed by atoms with van der Waals surface area (Å²) in [6, 6.07) is 4.48. The van der Waals surface area contributed by atoms with Crippen molar-refractivity contribution in [1.82, 2.24) is 24.6 Å². The van der Waals surface area contributed by atoms with E-state index in [1.165, 1.54) is 17.2 Å². The number of nitrogens with zero attached hydrogens (tertiary/aromatic N) is 6. The van der Waals surface area contributed by atoms with Gasteiger partial charge in [-0.1, -0.05) is 6.92 Å². The molecule has 210 valence electrons. The Kier molecular flexibility index (Phi) is 7.75. The van der Waals surface area contributed by atoms with Crippen molar-refractivity contribution in [3.8, 4) is 0 Å². The topological polar surface area (TPSA) is 139 Å². The number of esters is 1. The van der Waals surface area contributed by atoms with Crippen LogP contribution in [0.3, 0.4) is 0 Å². The third kappa shape index (κ3) is 5.80. The molecule has 0 unspecified atom stereocenters. The number of hydrogen-bond donors (Lipinski definition) is 1. The van der Waals surface area contributed by atoms with Crippen molar-refractivity contribution in [2.75, 3.05) is 55.7 Å². The van der Waals surface area contributed by atoms with Crippen molar-refractivity contribution < 1.29 is 33.0 Å². The zero-order chi connectivity index (χ0) is 28.2. The normalized spacial score (nSPS) is 17.2. The smallest absolute Gasteiger partial charge is 0.414 e. The number of imidazole rings is 1. The van der Waals surface area contributed by atoms with Crippen LogP contribution < -0.4 is 15.1 Å². The second kappa shape index (κ2) is 11.6. The van der Waals surface area contributed by atoms with E-state index in [-0.39, 0.29) is 37.7 Å². The van der Waals surface area contributed by atoms with Crippen LogP contribution in [0.5, 0.6) is 0 Å². The van der Waals surface area contributed by atoms with Crippen molar-refractivity contribution in [3.63, 3.8) is 0 Å². The summed E-state index contributed by atoms with van der Waals surface area (Å²) in [6.07, 6.45) is 5.30. The van der Waals surface area contributed by atoms with Gasteiger partial charge in [0.25, 0.3) is 5.91 Å². The molecule has 14 heteroatoms. The zero-order valence-electron chi connectivity index (χ0n) is 21.8. The average molecular weight is 554 g/mol. The van der Waals surface area contributed by atoms with Gasteiger partial charge in [0.15, 0.2) is 11.8 Å². The quantitative estimate of drug-likeness (QED) is 0.408. The fourth-order valence-electron chi connectivity index (χ4n) is 4.53. The van der Waals surface area contributed by atoms with E-state index in [0.717, 1.165) is 0 Å². The van der Waals surface area contributed by atoms with E-state index in [1.807, 2.05) is 4.90 Å². The van der Waals surface area contributed by atoms with Crippen LogP contribution in [0.4, 0.5) is 20.6 Å². The fourth-order valence-corrected chi connectivity index (χ4v) is 4.53. The number of amides is 3. The summed E-state index contributed by atoms with van der Waals surface area (Å²) in [5, 5.41) is 2.60. The third-order valence-electron chi connectivity index (χ3n) is 6.71. The monoisotopic (exact) mass is 553 g/mol. The van der Waals surface area contributed by atoms with Crippen LogP contribution in [0.1, 0.15) is 23.8 Å². The fraction of sp³-hybridized carbons (Fsp3) is 0.385. The van der Waals surface area contributed by atoms with Gasteiger partial charge in [-0.15, -0.1) is 0 Å². The Morgan fingerprint density at radius 3 is 2.73 bits per heavy atom. The first kappa shape index (κ1) is 26.8. The molecule has 5 rings (SSSR count). The van der Waals surface area contributed by atoms with E-state index in [2.05, 4.69) is 15.3 Å². The van der Waals surface area contributed by atoms with Crippen LogP contribution >= 0.6 is 0 Å². The van der Waals surface area contributed by atoms with Gasteiger partial charge < -0.3 is 29.0 Å². The second-order valence-corrected chi connectivity index (χ2v) is 9.31. The SMILES string of the molecule is CCC(=O)OC[C@H]1CN(c2ccc(N3CCN(C(=O)CNC(=O)c4cn5ccncc5n4)CC3)c(F)c2)C(=O)O1. The Labute approximate surface area is 228 Å². The average Bonchev–Trinajstić information content (AvgIpc) is 3.58. The van der Waals surface area contributed by atoms with Gasteiger partial charge in [-0.05, 0) is 18.2 Å². The first-order valence-electron chi connectivity index (χ1n) is 12.9. The van der Waals surface area contributed by atoms with Gasteiger partial charge in [0, 0.05) is 51.2 Å². The highest BCUT2D eigenvalue weighted by Gasteiger charge is 2.34. The number of nitrogens with one attached hydrogen (secondary N) is 1. The minimum atomic E-state index is -0.637. The maximum Gasteiger partial charge on any atom is 0.414 e. The lowest BCUT2D eigenvalue weighted by Gasteiger charge is -2.36. The van der Waals surface area contributed by atoms with Gasteiger partial charge in [-0.2, -0.15) is 0 Å². The summed E-state index contributed by atoms with van der Waals surface area (Å²) in [6.45, 7) is 3.07. The number of rotatable bonds is 8. The summed E-state index contributed by atoms with van der Waals surface area (Å²) < 4.78 is 27.0. The van der Waals surface area contributed by atoms with E-state index in [4.69, 9.17) is 9.47 Å². The molecular formula is C26H28FN7O6. The van der Waals surface area contributed by atoms with Crippen LogP contribution in [-0.4, -0.2) is 95.1 Å². The summed E-state index contributed by atoms with van der Waals surface area (Å²) in [5.74, 6) is -1.62. The highest BCUT2D eigenvalue weighted by molar-refractivity contribution is 5.95. The molecule has 0 bridgehead atoms. The Balaban J connectivity index is 1.11. The van der Waals surface area contributed by atoms with E-state index >= 15 is 4.39 Å². The summed E-state index contributed by atoms with van der Waals surface area (Å²) in [7, 11) is 0. The van der Waals surface area contributed by atoms with Gasteiger partial charge in [0.1, 0.15) is 18.1 Å². The molecule has 2 aliphatic rings. The Bertz CT molecular complexity index is 1400. The first-order valence-corrected chi connectivity index (χ1v) is 12.9. The summed E-state index contributed by atoms with van der Waals surface area (Å²) >= 11 is 0. The predicted octanol–water partition coefficient (Wildman–Crippen LogP) is 1.23. The van der Waals surface area contributed by atoms with E-state index < -0.39 is 29.9 Å². The molecule has 13 nitrogen and oxygen atoms in total. The Hall–Kier alpha value is -4.75. The molecule has 0 aliphatic carbocycles. The molecule has 1 N–H and O–H groups in total. The number of fused-ring (bicyclic) bond motifs is 1. The molecule has 2 fully saturated rings. The minimum Gasteiger partial charge on any atom is -0.462 e. The van der Waals surface area contributed by atoms with Gasteiger partial charge in [0.2, 0.25) is 5.91 Å². The largest absolute Gasteiger partial charge is 0.462 e. The molecule has 0 spiro atoms. The maximum absolute atomic E-state index is 15.1. The number of piperazine rings is 1. The van der Waals surface area contributed by atoms with Gasteiger partial charge >= 0.3 is 12.1 Å². The van der Waals surface area contributed by atoms with Crippen LogP contribution in [0.15, 0.2) is 43.0 Å². The molecule has 3 aromatic rings. The number of carbonyl (C=O) groups is 4. The van der Waals surface area contributed by atoms with Crippen molar-refractivity contribution in [3.05, 3.63) is 54.5 Å². The molecule has 2 aliphatic heterocycles. The number of benzene rings is 1. The number of cyclic esters (lactones) is 1. The molecule has 0 saturated carbocycles. The van der Waals surface area contributed by atoms with E-state index in [0.29, 0.717) is 43.2 Å². The number of halogens is 1. The molecule has 4 heterocycles. The molecule has 1 aromatic carbocycles. The molecule has 1 atom stereocenters. The summed E-state index contributed by atoms with van der Waals surface area (Å²) in [5.41, 5.74) is 1.39. The summed E-state index contributed by atoms with van der Waals surface area (Å²) in [4.78, 5) is 61.6. The number of anilines is 2. The molecule has 3 amide bonds. The molecular weight excluding hydrogens is 525 g/mol. The van der Waals surface area contributed by atoms with Crippen LogP contribution in [0.25, 0.3) is 5.65 Å². The lowest BCUT2D eigenvalue weighted by atomic mass is 10.2. The van der Waals surface area contributed by atoms with E-state index in [1.54, 1.807) is 46.9 Å². The van der Waals surface area contributed by atoms with Crippen LogP contribution in [0, 0.1) is 5.82 Å². The molecule has 0 radical (unpaired) electrons. The highest BCUT2D eigenvalue weighted by atomic mass is 19.1. The standard InChI is InChI=1S/C26H28FN7O6/c1-2-24(36)39-16-18-14-34(26(38)40-18)17-3-4-21(19(27)11-17)31-7-9-32(10-8-31)23(35)13-29-25(37)20-15-33-6-5-28-12-22(33)30-20/h3-6,11-12,15,18H,2,7-10,13-14,16H2,1H3,(H,29,37)/t18-/m1/s1. The van der Waals surface area contributed by atoms with Crippen LogP contribution in [0.2, 0.25) is 0 Å². The number of aromatic nitrogens is 3. The molecule has 2 saturated heterocycles. The number of ether oxygens (including phenoxy) is 2. The second-order valence-electron chi connectivity index (χ2n) is 9.31. The highest BCUT2D eigenvalue weighted by Crippen LogP contribution is 2.28. The van der Waals surface area contributed by atoms with Gasteiger partial charge in [-0.25, -0.2) is 14.2 Å². The van der Waals surface area contributed by atoms with Crippen molar-refractivity contribution in [2.45, 2.75) is 19.4 Å². The molecule has 2 aromatic heterocycles. The third-order valence-corrected chi connectivity index (χ3v) is 6.71. The van der Waals surface area contributed by atoms with Gasteiger partial charge in [-0.3, -0.25) is 24.3 Å². The van der Waals surface area contributed by atoms with Crippen molar-refractivity contribution >= 4 is 40.9 Å². The number of carbonyl (C=O) groups excluding carboxylic acids is 4. The zero-order valence-corrected chi connectivity index (χ0v) is 21.8. The van der Waals surface area contributed by atoms with Gasteiger partial charge in [0.05, 0.1) is 30.7 Å². The van der Waals surface area contributed by atoms with E-state index in [9.17, 15) is 19.2 Å². The Morgan fingerprint density at radius 1 is 1.20 bits per heavy atom. The van der Waals surface area contributed by atoms with Crippen LogP contribution in [-0.2, 0) is 19.1 Å². The van der Waals surface area contributed by atoms with Crippen molar-refractivity contribution in [1.29, 1.82) is 0 Å².